The molecule has 0 aromatic rings. The normalized spacial score (nSPS) is 13.0. The third kappa shape index (κ3) is 16.8. The Hall–Kier alpha value is -1.14. The number of unbranched alkanes of at least 4 members (excludes halogenated alkanes) is 5. The highest BCUT2D eigenvalue weighted by Crippen LogP contribution is 2.05. The Morgan fingerprint density at radius 3 is 1.38 bits per heavy atom. The van der Waals surface area contributed by atoms with Gasteiger partial charge in [0.1, 0.15) is 0 Å². The monoisotopic (exact) mass is 306 g/mol. The summed E-state index contributed by atoms with van der Waals surface area (Å²) in [4.78, 5) is 20.2. The van der Waals surface area contributed by atoms with Crippen LogP contribution in [0.1, 0.15) is 71.6 Å². The zero-order valence-electron chi connectivity index (χ0n) is 13.1. The molecule has 6 heteroatoms. The molecule has 0 saturated heterocycles. The first-order valence-corrected chi connectivity index (χ1v) is 7.68. The van der Waals surface area contributed by atoms with E-state index in [1.807, 2.05) is 6.92 Å². The van der Waals surface area contributed by atoms with E-state index >= 15 is 0 Å². The van der Waals surface area contributed by atoms with Crippen molar-refractivity contribution in [1.82, 2.24) is 0 Å². The van der Waals surface area contributed by atoms with Crippen LogP contribution in [-0.4, -0.2) is 44.6 Å². The lowest BCUT2D eigenvalue weighted by Gasteiger charge is -2.03. The van der Waals surface area contributed by atoms with E-state index in [1.54, 1.807) is 0 Å². The minimum atomic E-state index is -1.16. The van der Waals surface area contributed by atoms with Crippen molar-refractivity contribution in [2.75, 3.05) is 0 Å². The highest BCUT2D eigenvalue weighted by atomic mass is 16.4. The van der Waals surface area contributed by atoms with Crippen LogP contribution < -0.4 is 0 Å². The van der Waals surface area contributed by atoms with Crippen LogP contribution in [-0.2, 0) is 9.59 Å². The SMILES string of the molecule is CCCCCC(O)C(=O)O.CCCCCCC(O)C(=O)O. The molecule has 0 rings (SSSR count). The smallest absolute Gasteiger partial charge is 0.332 e. The first-order chi connectivity index (χ1) is 9.86. The summed E-state index contributed by atoms with van der Waals surface area (Å²) in [5.74, 6) is -2.22. The Balaban J connectivity index is 0. The Kier molecular flexibility index (Phi) is 16.1. The number of carbonyl (C=O) groups is 2. The second-order valence-corrected chi connectivity index (χ2v) is 5.05. The molecule has 0 spiro atoms. The third-order valence-electron chi connectivity index (χ3n) is 2.98. The molecular formula is C15H30O6. The van der Waals surface area contributed by atoms with E-state index in [4.69, 9.17) is 20.4 Å². The highest BCUT2D eigenvalue weighted by molar-refractivity contribution is 5.72. The van der Waals surface area contributed by atoms with Crippen LogP contribution in [0.3, 0.4) is 0 Å². The van der Waals surface area contributed by atoms with E-state index < -0.39 is 24.1 Å². The molecule has 2 unspecified atom stereocenters. The molecule has 0 aromatic carbocycles. The molecular weight excluding hydrogens is 276 g/mol. The topological polar surface area (TPSA) is 115 Å². The summed E-state index contributed by atoms with van der Waals surface area (Å²) in [6.07, 6.45) is 5.34. The van der Waals surface area contributed by atoms with Gasteiger partial charge in [0.2, 0.25) is 0 Å². The van der Waals surface area contributed by atoms with Crippen LogP contribution in [0.2, 0.25) is 0 Å². The molecule has 0 heterocycles. The number of aliphatic hydroxyl groups is 2. The van der Waals surface area contributed by atoms with Gasteiger partial charge in [-0.3, -0.25) is 0 Å². The summed E-state index contributed by atoms with van der Waals surface area (Å²) in [7, 11) is 0. The fourth-order valence-electron chi connectivity index (χ4n) is 1.60. The number of aliphatic hydroxyl groups excluding tert-OH is 2. The standard InChI is InChI=1S/C8H16O3.C7H14O3/c1-2-3-4-5-6-7(9)8(10)11;1-2-3-4-5-6(8)7(9)10/h7,9H,2-6H2,1H3,(H,10,11);6,8H,2-5H2,1H3,(H,9,10). The van der Waals surface area contributed by atoms with Gasteiger partial charge in [-0.1, -0.05) is 58.8 Å². The van der Waals surface area contributed by atoms with Crippen molar-refractivity contribution in [1.29, 1.82) is 0 Å². The van der Waals surface area contributed by atoms with Gasteiger partial charge in [-0.2, -0.15) is 0 Å². The van der Waals surface area contributed by atoms with E-state index in [2.05, 4.69) is 6.92 Å². The van der Waals surface area contributed by atoms with E-state index in [0.717, 1.165) is 44.9 Å². The Bertz CT molecular complexity index is 267. The maximum atomic E-state index is 10.1. The van der Waals surface area contributed by atoms with Crippen LogP contribution in [0, 0.1) is 0 Å². The molecule has 126 valence electrons. The van der Waals surface area contributed by atoms with Gasteiger partial charge in [0.25, 0.3) is 0 Å². The molecule has 2 atom stereocenters. The molecule has 0 aliphatic carbocycles. The predicted octanol–water partition coefficient (Wildman–Crippen LogP) is 2.41. The van der Waals surface area contributed by atoms with Gasteiger partial charge >= 0.3 is 11.9 Å². The number of hydrogen-bond acceptors (Lipinski definition) is 4. The summed E-state index contributed by atoms with van der Waals surface area (Å²) >= 11 is 0. The van der Waals surface area contributed by atoms with Crippen molar-refractivity contribution in [2.24, 2.45) is 0 Å². The zero-order valence-corrected chi connectivity index (χ0v) is 13.1. The zero-order chi connectivity index (χ0) is 16.7. The van der Waals surface area contributed by atoms with E-state index in [-0.39, 0.29) is 0 Å². The van der Waals surface area contributed by atoms with E-state index in [0.29, 0.717) is 12.8 Å². The van der Waals surface area contributed by atoms with Crippen molar-refractivity contribution in [3.05, 3.63) is 0 Å². The second kappa shape index (κ2) is 15.3. The highest BCUT2D eigenvalue weighted by Gasteiger charge is 2.11. The fourth-order valence-corrected chi connectivity index (χ4v) is 1.60. The molecule has 0 bridgehead atoms. The number of hydrogen-bond donors (Lipinski definition) is 4. The van der Waals surface area contributed by atoms with Crippen molar-refractivity contribution in [3.8, 4) is 0 Å². The third-order valence-corrected chi connectivity index (χ3v) is 2.98. The molecule has 0 aliphatic rings. The van der Waals surface area contributed by atoms with Gasteiger partial charge in [-0.25, -0.2) is 9.59 Å². The van der Waals surface area contributed by atoms with Crippen molar-refractivity contribution in [3.63, 3.8) is 0 Å². The lowest BCUT2D eigenvalue weighted by Crippen LogP contribution is -2.18. The Labute approximate surface area is 126 Å². The number of aliphatic carboxylic acids is 2. The van der Waals surface area contributed by atoms with Crippen molar-refractivity contribution in [2.45, 2.75) is 83.8 Å². The fraction of sp³-hybridized carbons (Fsp3) is 0.867. The summed E-state index contributed by atoms with van der Waals surface area (Å²) < 4.78 is 0. The van der Waals surface area contributed by atoms with Crippen LogP contribution >= 0.6 is 0 Å². The average molecular weight is 306 g/mol. The molecule has 0 aromatic heterocycles. The molecule has 0 fully saturated rings. The van der Waals surface area contributed by atoms with E-state index in [1.165, 1.54) is 0 Å². The summed E-state index contributed by atoms with van der Waals surface area (Å²) in [6, 6.07) is 0. The molecule has 6 nitrogen and oxygen atoms in total. The lowest BCUT2D eigenvalue weighted by molar-refractivity contribution is -0.147. The van der Waals surface area contributed by atoms with Gasteiger partial charge in [0.15, 0.2) is 12.2 Å². The second-order valence-electron chi connectivity index (χ2n) is 5.05. The molecule has 0 aliphatic heterocycles. The van der Waals surface area contributed by atoms with E-state index in [9.17, 15) is 9.59 Å². The molecule has 4 N–H and O–H groups in total. The number of rotatable bonds is 11. The Morgan fingerprint density at radius 1 is 0.714 bits per heavy atom. The van der Waals surface area contributed by atoms with Crippen LogP contribution in [0.25, 0.3) is 0 Å². The Morgan fingerprint density at radius 2 is 1.05 bits per heavy atom. The van der Waals surface area contributed by atoms with Gasteiger partial charge in [-0.15, -0.1) is 0 Å². The van der Waals surface area contributed by atoms with Crippen LogP contribution in [0.15, 0.2) is 0 Å². The minimum Gasteiger partial charge on any atom is -0.479 e. The maximum absolute atomic E-state index is 10.1. The lowest BCUT2D eigenvalue weighted by atomic mass is 10.1. The molecule has 0 amide bonds. The van der Waals surface area contributed by atoms with Crippen molar-refractivity contribution < 1.29 is 30.0 Å². The van der Waals surface area contributed by atoms with Gasteiger partial charge in [-0.05, 0) is 12.8 Å². The predicted molar refractivity (Wildman–Crippen MR) is 80.2 cm³/mol. The van der Waals surface area contributed by atoms with Gasteiger partial charge in [0, 0.05) is 0 Å². The molecule has 21 heavy (non-hydrogen) atoms. The number of carboxylic acid groups (broad SMARTS) is 2. The van der Waals surface area contributed by atoms with Crippen LogP contribution in [0.5, 0.6) is 0 Å². The van der Waals surface area contributed by atoms with Crippen LogP contribution in [0.4, 0.5) is 0 Å². The summed E-state index contributed by atoms with van der Waals surface area (Å²) in [6.45, 7) is 4.13. The van der Waals surface area contributed by atoms with Crippen molar-refractivity contribution >= 4 is 11.9 Å². The first-order valence-electron chi connectivity index (χ1n) is 7.68. The minimum absolute atomic E-state index is 0.378. The molecule has 0 radical (unpaired) electrons. The summed E-state index contributed by atoms with van der Waals surface area (Å²) in [5, 5.41) is 34.1. The molecule has 0 saturated carbocycles. The van der Waals surface area contributed by atoms with Gasteiger partial charge < -0.3 is 20.4 Å². The first kappa shape index (κ1) is 22.1. The van der Waals surface area contributed by atoms with Gasteiger partial charge in [0.05, 0.1) is 0 Å². The largest absolute Gasteiger partial charge is 0.479 e. The quantitative estimate of drug-likeness (QED) is 0.436. The number of carboxylic acids is 2. The maximum Gasteiger partial charge on any atom is 0.332 e. The average Bonchev–Trinajstić information content (AvgIpc) is 2.44. The summed E-state index contributed by atoms with van der Waals surface area (Å²) in [5.41, 5.74) is 0.